The second-order valence-electron chi connectivity index (χ2n) is 8.86. The van der Waals surface area contributed by atoms with Crippen molar-refractivity contribution < 1.29 is 14.0 Å². The summed E-state index contributed by atoms with van der Waals surface area (Å²) in [5.74, 6) is 0. The summed E-state index contributed by atoms with van der Waals surface area (Å²) in [5.41, 5.74) is 8.21. The van der Waals surface area contributed by atoms with Gasteiger partial charge in [-0.25, -0.2) is 4.57 Å². The van der Waals surface area contributed by atoms with Gasteiger partial charge in [0.2, 0.25) is 0 Å². The van der Waals surface area contributed by atoms with Crippen LogP contribution in [0.25, 0.3) is 0 Å². The average molecular weight is 457 g/mol. The van der Waals surface area contributed by atoms with E-state index in [1.54, 1.807) is 0 Å². The van der Waals surface area contributed by atoms with Crippen molar-refractivity contribution in [3.8, 4) is 0 Å². The van der Waals surface area contributed by atoms with Gasteiger partial charge in [-0.15, -0.1) is 0 Å². The Labute approximate surface area is 201 Å². The molecule has 0 spiro atoms. The Bertz CT molecular complexity index is 697. The van der Waals surface area contributed by atoms with Crippen molar-refractivity contribution in [2.75, 3.05) is 33.0 Å². The summed E-state index contributed by atoms with van der Waals surface area (Å²) in [5, 5.41) is 0. The van der Waals surface area contributed by atoms with Crippen molar-refractivity contribution in [1.29, 1.82) is 0 Å². The van der Waals surface area contributed by atoms with Gasteiger partial charge in [-0.3, -0.25) is 4.98 Å². The highest BCUT2D eigenvalue weighted by Gasteiger charge is 2.03. The van der Waals surface area contributed by atoms with Gasteiger partial charge >= 0.3 is 0 Å². The molecule has 184 valence electrons. The minimum Gasteiger partial charge on any atom is -0.381 e. The van der Waals surface area contributed by atoms with Crippen molar-refractivity contribution in [2.45, 2.75) is 83.6 Å². The number of hydrogen-bond donors (Lipinski definition) is 1. The third kappa shape index (κ3) is 14.8. The minimum atomic E-state index is 0.807. The molecular formula is C28H46N3O2+. The van der Waals surface area contributed by atoms with Gasteiger partial charge in [-0.1, -0.05) is 25.3 Å². The number of nitrogens with zero attached hydrogens (tertiary/aromatic N) is 2. The quantitative estimate of drug-likeness (QED) is 0.211. The molecule has 0 aliphatic heterocycles. The Morgan fingerprint density at radius 3 is 2.03 bits per heavy atom. The van der Waals surface area contributed by atoms with Crippen LogP contribution < -0.4 is 10.3 Å². The van der Waals surface area contributed by atoms with Crippen molar-refractivity contribution in [1.82, 2.24) is 4.98 Å². The average Bonchev–Trinajstić information content (AvgIpc) is 2.85. The fraction of sp³-hybridized carbons (Fsp3) is 0.643. The first-order valence-electron chi connectivity index (χ1n) is 13.1. The van der Waals surface area contributed by atoms with Gasteiger partial charge in [-0.05, 0) is 75.6 Å². The van der Waals surface area contributed by atoms with Crippen molar-refractivity contribution >= 4 is 0 Å². The summed E-state index contributed by atoms with van der Waals surface area (Å²) in [4.78, 5) is 4.15. The van der Waals surface area contributed by atoms with E-state index in [1.165, 1.54) is 43.2 Å². The maximum Gasteiger partial charge on any atom is 0.171 e. The maximum absolute atomic E-state index is 5.78. The van der Waals surface area contributed by atoms with Crippen LogP contribution >= 0.6 is 0 Å². The summed E-state index contributed by atoms with van der Waals surface area (Å²) < 4.78 is 13.9. The highest BCUT2D eigenvalue weighted by atomic mass is 16.5. The molecule has 0 bridgehead atoms. The summed E-state index contributed by atoms with van der Waals surface area (Å²) in [6.45, 7) is 5.37. The van der Waals surface area contributed by atoms with Crippen molar-refractivity contribution in [3.05, 3.63) is 60.2 Å². The Hall–Kier alpha value is -1.82. The van der Waals surface area contributed by atoms with Crippen LogP contribution in [0.4, 0.5) is 0 Å². The zero-order chi connectivity index (χ0) is 23.2. The molecule has 0 saturated carbocycles. The Balaban J connectivity index is 1.40. The standard InChI is InChI=1S/C28H46N3O2/c29-17-5-1-3-7-21-33-24-12-16-28-14-10-20-31(26-28)19-6-2-4-8-22-32-23-11-15-27-13-9-18-30-25-27/h9-10,13-14,18,20,25-26H,1-8,11-12,15-17,19,21-24,29H2/q+1. The number of aromatic nitrogens is 2. The van der Waals surface area contributed by atoms with Crippen molar-refractivity contribution in [2.24, 2.45) is 5.73 Å². The SMILES string of the molecule is NCCCCCCOCCCc1ccc[n+](CCCCCCOCCCc2cccnc2)c1. The van der Waals surface area contributed by atoms with E-state index in [9.17, 15) is 0 Å². The minimum absolute atomic E-state index is 0.807. The first kappa shape index (κ1) is 27.4. The summed E-state index contributed by atoms with van der Waals surface area (Å²) in [7, 11) is 0. The number of unbranched alkanes of at least 4 members (excludes halogenated alkanes) is 6. The lowest BCUT2D eigenvalue weighted by molar-refractivity contribution is -0.697. The molecule has 2 heterocycles. The zero-order valence-electron chi connectivity index (χ0n) is 20.6. The van der Waals surface area contributed by atoms with Crippen LogP contribution in [0.3, 0.4) is 0 Å². The molecule has 0 fully saturated rings. The molecule has 5 nitrogen and oxygen atoms in total. The lowest BCUT2D eigenvalue weighted by atomic mass is 10.1. The Morgan fingerprint density at radius 1 is 0.697 bits per heavy atom. The fourth-order valence-corrected chi connectivity index (χ4v) is 3.92. The first-order valence-corrected chi connectivity index (χ1v) is 13.1. The summed E-state index contributed by atoms with van der Waals surface area (Å²) in [6.07, 6.45) is 22.2. The lowest BCUT2D eigenvalue weighted by Gasteiger charge is -2.05. The molecular weight excluding hydrogens is 410 g/mol. The van der Waals surface area contributed by atoms with Gasteiger partial charge in [-0.2, -0.15) is 0 Å². The van der Waals surface area contributed by atoms with E-state index in [0.29, 0.717) is 0 Å². The molecule has 0 radical (unpaired) electrons. The molecule has 2 rings (SSSR count). The lowest BCUT2D eigenvalue weighted by Crippen LogP contribution is -2.33. The van der Waals surface area contributed by atoms with Crippen LogP contribution in [0.2, 0.25) is 0 Å². The van der Waals surface area contributed by atoms with Crippen LogP contribution in [-0.4, -0.2) is 38.0 Å². The molecule has 0 aliphatic carbocycles. The Morgan fingerprint density at radius 2 is 1.33 bits per heavy atom. The number of pyridine rings is 2. The predicted octanol–water partition coefficient (Wildman–Crippen LogP) is 5.05. The first-order chi connectivity index (χ1) is 16.4. The van der Waals surface area contributed by atoms with Crippen LogP contribution in [-0.2, 0) is 28.9 Å². The molecule has 5 heteroatoms. The van der Waals surface area contributed by atoms with E-state index in [0.717, 1.165) is 84.5 Å². The van der Waals surface area contributed by atoms with Crippen LogP contribution in [0.5, 0.6) is 0 Å². The van der Waals surface area contributed by atoms with Gasteiger partial charge in [0.25, 0.3) is 0 Å². The molecule has 0 saturated heterocycles. The molecule has 2 N–H and O–H groups in total. The van der Waals surface area contributed by atoms with E-state index < -0.39 is 0 Å². The maximum atomic E-state index is 5.78. The number of ether oxygens (including phenoxy) is 2. The van der Waals surface area contributed by atoms with Gasteiger partial charge in [0.05, 0.1) is 0 Å². The second-order valence-corrected chi connectivity index (χ2v) is 8.86. The Kier molecular flexibility index (Phi) is 16.3. The number of rotatable bonds is 21. The smallest absolute Gasteiger partial charge is 0.171 e. The van der Waals surface area contributed by atoms with Crippen LogP contribution in [0, 0.1) is 0 Å². The van der Waals surface area contributed by atoms with Gasteiger partial charge in [0.15, 0.2) is 12.4 Å². The number of aryl methyl sites for hydroxylation is 3. The van der Waals surface area contributed by atoms with E-state index >= 15 is 0 Å². The highest BCUT2D eigenvalue weighted by Crippen LogP contribution is 2.05. The molecule has 0 aromatic carbocycles. The number of nitrogens with two attached hydrogens (primary N) is 1. The van der Waals surface area contributed by atoms with Crippen LogP contribution in [0.1, 0.15) is 75.3 Å². The van der Waals surface area contributed by atoms with Gasteiger partial charge in [0.1, 0.15) is 6.54 Å². The van der Waals surface area contributed by atoms with Crippen molar-refractivity contribution in [3.63, 3.8) is 0 Å². The highest BCUT2D eigenvalue weighted by molar-refractivity contribution is 5.08. The summed E-state index contributed by atoms with van der Waals surface area (Å²) >= 11 is 0. The molecule has 2 aromatic rings. The van der Waals surface area contributed by atoms with Gasteiger partial charge < -0.3 is 15.2 Å². The van der Waals surface area contributed by atoms with E-state index in [-0.39, 0.29) is 0 Å². The summed E-state index contributed by atoms with van der Waals surface area (Å²) in [6, 6.07) is 8.53. The molecule has 0 atom stereocenters. The monoisotopic (exact) mass is 456 g/mol. The van der Waals surface area contributed by atoms with Crippen LogP contribution in [0.15, 0.2) is 49.1 Å². The molecule has 0 amide bonds. The number of hydrogen-bond acceptors (Lipinski definition) is 4. The molecule has 33 heavy (non-hydrogen) atoms. The zero-order valence-corrected chi connectivity index (χ0v) is 20.6. The predicted molar refractivity (Wildman–Crippen MR) is 135 cm³/mol. The van der Waals surface area contributed by atoms with E-state index in [4.69, 9.17) is 15.2 Å². The molecule has 0 unspecified atom stereocenters. The molecule has 0 aliphatic rings. The fourth-order valence-electron chi connectivity index (χ4n) is 3.92. The largest absolute Gasteiger partial charge is 0.381 e. The normalized spacial score (nSPS) is 11.2. The topological polar surface area (TPSA) is 61.2 Å². The third-order valence-corrected chi connectivity index (χ3v) is 5.85. The van der Waals surface area contributed by atoms with E-state index in [2.05, 4.69) is 40.1 Å². The third-order valence-electron chi connectivity index (χ3n) is 5.85. The van der Waals surface area contributed by atoms with Gasteiger partial charge in [0, 0.05) is 56.9 Å². The molecule has 2 aromatic heterocycles. The van der Waals surface area contributed by atoms with E-state index in [1.807, 2.05) is 18.5 Å². The second kappa shape index (κ2) is 19.6.